The summed E-state index contributed by atoms with van der Waals surface area (Å²) in [6, 6.07) is 0. The molecule has 3 heterocycles. The Morgan fingerprint density at radius 1 is 1.12 bits per heavy atom. The molecule has 1 saturated heterocycles. The first-order chi connectivity index (χ1) is 8.43. The van der Waals surface area contributed by atoms with E-state index in [2.05, 4.69) is 35.8 Å². The highest BCUT2D eigenvalue weighted by Crippen LogP contribution is 2.04. The predicted octanol–water partition coefficient (Wildman–Crippen LogP) is -0.858. The van der Waals surface area contributed by atoms with Crippen LogP contribution >= 0.6 is 0 Å². The van der Waals surface area contributed by atoms with Crippen molar-refractivity contribution in [1.29, 1.82) is 0 Å². The van der Waals surface area contributed by atoms with Gasteiger partial charge in [0.25, 0.3) is 5.78 Å². The maximum absolute atomic E-state index is 4.18. The lowest BCUT2D eigenvalue weighted by Crippen LogP contribution is -2.34. The Morgan fingerprint density at radius 3 is 3.06 bits per heavy atom. The number of nitrogens with one attached hydrogen (secondary N) is 2. The van der Waals surface area contributed by atoms with Gasteiger partial charge in [0.05, 0.1) is 0 Å². The molecule has 8 heteroatoms. The molecular formula is C9H14N8. The summed E-state index contributed by atoms with van der Waals surface area (Å²) in [6.45, 7) is 3.94. The summed E-state index contributed by atoms with van der Waals surface area (Å²) in [5.74, 6) is 1.20. The molecule has 0 unspecified atom stereocenters. The third-order valence-electron chi connectivity index (χ3n) is 2.68. The van der Waals surface area contributed by atoms with Crippen molar-refractivity contribution in [3.8, 4) is 0 Å². The standard InChI is InChI=1S/C9H14N8/c1-2-10-3-5-16(4-1)15-9-12-6-11-8-13-7-14-17(8)9/h6-7,10H,1-5H2,(H,11,12,13,14,15). The first-order valence-corrected chi connectivity index (χ1v) is 5.66. The highest BCUT2D eigenvalue weighted by molar-refractivity contribution is 5.34. The minimum atomic E-state index is 0.551. The van der Waals surface area contributed by atoms with Crippen LogP contribution in [0.15, 0.2) is 12.7 Å². The Balaban J connectivity index is 1.81. The molecular weight excluding hydrogens is 220 g/mol. The van der Waals surface area contributed by atoms with Crippen molar-refractivity contribution in [2.24, 2.45) is 0 Å². The molecule has 0 aliphatic carbocycles. The average molecular weight is 234 g/mol. The lowest BCUT2D eigenvalue weighted by atomic mass is 10.4. The molecule has 2 N–H and O–H groups in total. The van der Waals surface area contributed by atoms with Gasteiger partial charge < -0.3 is 5.32 Å². The number of hydrogen-bond donors (Lipinski definition) is 2. The van der Waals surface area contributed by atoms with Crippen LogP contribution in [0.2, 0.25) is 0 Å². The molecule has 90 valence electrons. The molecule has 0 amide bonds. The highest BCUT2D eigenvalue weighted by Gasteiger charge is 2.11. The van der Waals surface area contributed by atoms with Crippen molar-refractivity contribution in [3.05, 3.63) is 12.7 Å². The van der Waals surface area contributed by atoms with E-state index in [-0.39, 0.29) is 0 Å². The van der Waals surface area contributed by atoms with E-state index in [1.54, 1.807) is 4.52 Å². The van der Waals surface area contributed by atoms with E-state index in [0.29, 0.717) is 11.7 Å². The minimum absolute atomic E-state index is 0.551. The van der Waals surface area contributed by atoms with Gasteiger partial charge in [-0.05, 0) is 13.0 Å². The predicted molar refractivity (Wildman–Crippen MR) is 61.3 cm³/mol. The van der Waals surface area contributed by atoms with Crippen LogP contribution in [0.4, 0.5) is 5.95 Å². The van der Waals surface area contributed by atoms with Crippen molar-refractivity contribution >= 4 is 11.7 Å². The van der Waals surface area contributed by atoms with Gasteiger partial charge in [-0.3, -0.25) is 5.43 Å². The highest BCUT2D eigenvalue weighted by atomic mass is 15.6. The van der Waals surface area contributed by atoms with E-state index >= 15 is 0 Å². The van der Waals surface area contributed by atoms with E-state index in [0.717, 1.165) is 32.6 Å². The number of aromatic nitrogens is 5. The number of hydrogen-bond acceptors (Lipinski definition) is 7. The Labute approximate surface area is 98.0 Å². The Kier molecular flexibility index (Phi) is 2.80. The number of hydrazine groups is 1. The van der Waals surface area contributed by atoms with Crippen LogP contribution in [0.1, 0.15) is 6.42 Å². The average Bonchev–Trinajstić information content (AvgIpc) is 2.69. The van der Waals surface area contributed by atoms with Gasteiger partial charge in [0, 0.05) is 19.6 Å². The van der Waals surface area contributed by atoms with Gasteiger partial charge in [0.1, 0.15) is 12.7 Å². The Morgan fingerprint density at radius 2 is 2.06 bits per heavy atom. The molecule has 0 bridgehead atoms. The molecule has 17 heavy (non-hydrogen) atoms. The molecule has 0 radical (unpaired) electrons. The third-order valence-corrected chi connectivity index (χ3v) is 2.68. The number of anilines is 1. The molecule has 1 fully saturated rings. The SMILES string of the molecule is c1nc(NN2CCCNCC2)n2ncnc2n1. The van der Waals surface area contributed by atoms with Crippen molar-refractivity contribution < 1.29 is 0 Å². The summed E-state index contributed by atoms with van der Waals surface area (Å²) in [7, 11) is 0. The molecule has 1 aliphatic heterocycles. The monoisotopic (exact) mass is 234 g/mol. The normalized spacial score (nSPS) is 18.1. The second-order valence-electron chi connectivity index (χ2n) is 3.87. The smallest absolute Gasteiger partial charge is 0.256 e. The summed E-state index contributed by atoms with van der Waals surface area (Å²) in [4.78, 5) is 12.2. The van der Waals surface area contributed by atoms with Crippen LogP contribution in [-0.4, -0.2) is 55.8 Å². The van der Waals surface area contributed by atoms with Gasteiger partial charge in [-0.2, -0.15) is 19.6 Å². The van der Waals surface area contributed by atoms with Crippen molar-refractivity contribution in [2.75, 3.05) is 31.6 Å². The van der Waals surface area contributed by atoms with Crippen LogP contribution in [0, 0.1) is 0 Å². The fourth-order valence-electron chi connectivity index (χ4n) is 1.84. The second-order valence-corrected chi connectivity index (χ2v) is 3.87. The molecule has 0 saturated carbocycles. The van der Waals surface area contributed by atoms with E-state index in [9.17, 15) is 0 Å². The van der Waals surface area contributed by atoms with Gasteiger partial charge in [-0.25, -0.2) is 9.99 Å². The maximum atomic E-state index is 4.18. The Bertz CT molecular complexity index is 486. The van der Waals surface area contributed by atoms with Gasteiger partial charge in [-0.15, -0.1) is 0 Å². The third kappa shape index (κ3) is 2.17. The van der Waals surface area contributed by atoms with Gasteiger partial charge in [-0.1, -0.05) is 0 Å². The first-order valence-electron chi connectivity index (χ1n) is 5.66. The summed E-state index contributed by atoms with van der Waals surface area (Å²) in [5, 5.41) is 9.56. The molecule has 3 rings (SSSR count). The zero-order valence-electron chi connectivity index (χ0n) is 9.37. The zero-order chi connectivity index (χ0) is 11.5. The van der Waals surface area contributed by atoms with E-state index in [1.165, 1.54) is 12.7 Å². The van der Waals surface area contributed by atoms with Crippen LogP contribution in [0.5, 0.6) is 0 Å². The van der Waals surface area contributed by atoms with Crippen molar-refractivity contribution in [1.82, 2.24) is 34.9 Å². The van der Waals surface area contributed by atoms with Crippen LogP contribution < -0.4 is 10.7 Å². The topological polar surface area (TPSA) is 83.3 Å². The minimum Gasteiger partial charge on any atom is -0.315 e. The zero-order valence-corrected chi connectivity index (χ0v) is 9.37. The van der Waals surface area contributed by atoms with Gasteiger partial charge in [0.15, 0.2) is 0 Å². The molecule has 2 aromatic rings. The Hall–Kier alpha value is -1.80. The summed E-state index contributed by atoms with van der Waals surface area (Å²) in [5.41, 5.74) is 3.25. The summed E-state index contributed by atoms with van der Waals surface area (Å²) in [6.07, 6.45) is 4.07. The molecule has 0 spiro atoms. The van der Waals surface area contributed by atoms with E-state index in [1.807, 2.05) is 0 Å². The fraction of sp³-hybridized carbons (Fsp3) is 0.556. The summed E-state index contributed by atoms with van der Waals surface area (Å²) < 4.78 is 1.60. The molecule has 1 aliphatic rings. The van der Waals surface area contributed by atoms with E-state index < -0.39 is 0 Å². The number of fused-ring (bicyclic) bond motifs is 1. The fourth-order valence-corrected chi connectivity index (χ4v) is 1.84. The summed E-state index contributed by atoms with van der Waals surface area (Å²) >= 11 is 0. The van der Waals surface area contributed by atoms with Crippen molar-refractivity contribution in [3.63, 3.8) is 0 Å². The van der Waals surface area contributed by atoms with Gasteiger partial charge >= 0.3 is 0 Å². The van der Waals surface area contributed by atoms with Crippen molar-refractivity contribution in [2.45, 2.75) is 6.42 Å². The molecule has 0 aromatic carbocycles. The molecule has 8 nitrogen and oxygen atoms in total. The van der Waals surface area contributed by atoms with Crippen LogP contribution in [0.3, 0.4) is 0 Å². The molecule has 2 aromatic heterocycles. The number of rotatable bonds is 2. The lowest BCUT2D eigenvalue weighted by molar-refractivity contribution is 0.347. The molecule has 0 atom stereocenters. The maximum Gasteiger partial charge on any atom is 0.256 e. The number of nitrogens with zero attached hydrogens (tertiary/aromatic N) is 6. The van der Waals surface area contributed by atoms with Crippen LogP contribution in [0.25, 0.3) is 5.78 Å². The largest absolute Gasteiger partial charge is 0.315 e. The van der Waals surface area contributed by atoms with Gasteiger partial charge in [0.2, 0.25) is 5.95 Å². The van der Waals surface area contributed by atoms with E-state index in [4.69, 9.17) is 0 Å². The van der Waals surface area contributed by atoms with Crippen LogP contribution in [-0.2, 0) is 0 Å². The second kappa shape index (κ2) is 4.60. The lowest BCUT2D eigenvalue weighted by Gasteiger charge is -2.20. The quantitative estimate of drug-likeness (QED) is 0.699. The first kappa shape index (κ1) is 10.4.